The van der Waals surface area contributed by atoms with Gasteiger partial charge in [-0.1, -0.05) is 91.0 Å². The molecule has 0 aromatic heterocycles. The maximum atomic E-state index is 13.8. The van der Waals surface area contributed by atoms with Crippen LogP contribution in [0.4, 0.5) is 0 Å². The van der Waals surface area contributed by atoms with Gasteiger partial charge in [-0.15, -0.1) is 0 Å². The first-order chi connectivity index (χ1) is 16.6. The SMILES string of the molecule is O=C(O)[C@@H]1C[C@H](OC[C@H]2C[C@H]2c2ccccc2)CN1C(=O)C(c1ccccc1)c1ccccc1. The lowest BCUT2D eigenvalue weighted by atomic mass is 9.90. The molecule has 3 aromatic carbocycles. The van der Waals surface area contributed by atoms with E-state index in [9.17, 15) is 14.7 Å². The molecular weight excluding hydrogens is 426 g/mol. The highest BCUT2D eigenvalue weighted by atomic mass is 16.5. The summed E-state index contributed by atoms with van der Waals surface area (Å²) in [5.74, 6) is -0.751. The monoisotopic (exact) mass is 455 g/mol. The zero-order valence-corrected chi connectivity index (χ0v) is 19.0. The fourth-order valence-electron chi connectivity index (χ4n) is 5.13. The van der Waals surface area contributed by atoms with Gasteiger partial charge in [0, 0.05) is 13.0 Å². The maximum absolute atomic E-state index is 13.8. The Morgan fingerprint density at radius 2 is 1.41 bits per heavy atom. The first kappa shape index (κ1) is 22.4. The van der Waals surface area contributed by atoms with E-state index in [4.69, 9.17) is 4.74 Å². The minimum absolute atomic E-state index is 0.190. The van der Waals surface area contributed by atoms with Crippen molar-refractivity contribution in [3.8, 4) is 0 Å². The zero-order chi connectivity index (χ0) is 23.5. The number of carbonyl (C=O) groups excluding carboxylic acids is 1. The van der Waals surface area contributed by atoms with Crippen molar-refractivity contribution < 1.29 is 19.4 Å². The molecule has 34 heavy (non-hydrogen) atoms. The van der Waals surface area contributed by atoms with Crippen LogP contribution in [-0.4, -0.2) is 47.2 Å². The summed E-state index contributed by atoms with van der Waals surface area (Å²) in [5, 5.41) is 9.90. The van der Waals surface area contributed by atoms with Gasteiger partial charge in [0.15, 0.2) is 0 Å². The first-order valence-electron chi connectivity index (χ1n) is 11.9. The Morgan fingerprint density at radius 3 is 1.97 bits per heavy atom. The Labute approximate surface area is 200 Å². The number of carboxylic acid groups (broad SMARTS) is 1. The maximum Gasteiger partial charge on any atom is 0.326 e. The van der Waals surface area contributed by atoms with E-state index in [2.05, 4.69) is 24.3 Å². The van der Waals surface area contributed by atoms with Crippen LogP contribution < -0.4 is 0 Å². The Bertz CT molecular complexity index is 1080. The average molecular weight is 456 g/mol. The Morgan fingerprint density at radius 1 is 0.853 bits per heavy atom. The van der Waals surface area contributed by atoms with Gasteiger partial charge in [-0.25, -0.2) is 4.79 Å². The molecule has 1 heterocycles. The third kappa shape index (κ3) is 4.75. The van der Waals surface area contributed by atoms with Gasteiger partial charge in [0.2, 0.25) is 5.91 Å². The second-order valence-corrected chi connectivity index (χ2v) is 9.30. The third-order valence-corrected chi connectivity index (χ3v) is 7.04. The second kappa shape index (κ2) is 9.82. The van der Waals surface area contributed by atoms with Gasteiger partial charge in [-0.3, -0.25) is 4.79 Å². The zero-order valence-electron chi connectivity index (χ0n) is 19.0. The van der Waals surface area contributed by atoms with E-state index in [1.165, 1.54) is 10.5 Å². The molecule has 1 saturated carbocycles. The number of nitrogens with zero attached hydrogens (tertiary/aromatic N) is 1. The van der Waals surface area contributed by atoms with E-state index in [0.29, 0.717) is 31.4 Å². The summed E-state index contributed by atoms with van der Waals surface area (Å²) in [6, 6.07) is 28.7. The van der Waals surface area contributed by atoms with Gasteiger partial charge in [-0.2, -0.15) is 0 Å². The van der Waals surface area contributed by atoms with E-state index >= 15 is 0 Å². The molecule has 2 aliphatic rings. The van der Waals surface area contributed by atoms with Gasteiger partial charge in [0.25, 0.3) is 0 Å². The van der Waals surface area contributed by atoms with E-state index in [1.807, 2.05) is 66.7 Å². The predicted molar refractivity (Wildman–Crippen MR) is 130 cm³/mol. The van der Waals surface area contributed by atoms with Gasteiger partial charge in [0.05, 0.1) is 18.6 Å². The topological polar surface area (TPSA) is 66.8 Å². The van der Waals surface area contributed by atoms with E-state index in [-0.39, 0.29) is 12.0 Å². The molecule has 4 atom stereocenters. The molecule has 5 heteroatoms. The summed E-state index contributed by atoms with van der Waals surface area (Å²) in [4.78, 5) is 27.4. The molecule has 1 saturated heterocycles. The Kier molecular flexibility index (Phi) is 6.45. The van der Waals surface area contributed by atoms with E-state index < -0.39 is 17.9 Å². The van der Waals surface area contributed by atoms with Gasteiger partial charge < -0.3 is 14.7 Å². The normalized spacial score (nSPS) is 23.7. The number of rotatable bonds is 8. The number of hydrogen-bond acceptors (Lipinski definition) is 3. The third-order valence-electron chi connectivity index (χ3n) is 7.04. The minimum atomic E-state index is -0.979. The fraction of sp³-hybridized carbons (Fsp3) is 0.310. The molecule has 0 bridgehead atoms. The number of ether oxygens (including phenoxy) is 1. The van der Waals surface area contributed by atoms with Crippen LogP contribution in [-0.2, 0) is 14.3 Å². The summed E-state index contributed by atoms with van der Waals surface area (Å²) >= 11 is 0. The molecule has 5 nitrogen and oxygen atoms in total. The highest BCUT2D eigenvalue weighted by Gasteiger charge is 2.44. The van der Waals surface area contributed by atoms with Crippen LogP contribution in [0.1, 0.15) is 41.4 Å². The largest absolute Gasteiger partial charge is 0.480 e. The van der Waals surface area contributed by atoms with Crippen molar-refractivity contribution in [1.29, 1.82) is 0 Å². The highest BCUT2D eigenvalue weighted by molar-refractivity contribution is 5.91. The number of amides is 1. The van der Waals surface area contributed by atoms with Crippen molar-refractivity contribution in [2.75, 3.05) is 13.2 Å². The molecule has 0 radical (unpaired) electrons. The quantitative estimate of drug-likeness (QED) is 0.535. The Hall–Kier alpha value is -3.44. The lowest BCUT2D eigenvalue weighted by Gasteiger charge is -2.27. The molecule has 1 amide bonds. The standard InChI is InChI=1S/C29H29NO4/c31-28(27(21-12-6-2-7-13-21)22-14-8-3-9-15-22)30-18-24(17-26(30)29(32)33)34-19-23-16-25(23)20-10-4-1-5-11-20/h1-15,23-27H,16-19H2,(H,32,33)/t23-,24+,25+,26+/m1/s1. The molecule has 1 aliphatic carbocycles. The van der Waals surface area contributed by atoms with Crippen LogP contribution in [0.15, 0.2) is 91.0 Å². The molecule has 174 valence electrons. The van der Waals surface area contributed by atoms with Crippen molar-refractivity contribution in [1.82, 2.24) is 4.90 Å². The predicted octanol–water partition coefficient (Wildman–Crippen LogP) is 4.69. The van der Waals surface area contributed by atoms with Crippen LogP contribution in [0.5, 0.6) is 0 Å². The van der Waals surface area contributed by atoms with Gasteiger partial charge in [-0.05, 0) is 34.9 Å². The van der Waals surface area contributed by atoms with Crippen LogP contribution >= 0.6 is 0 Å². The molecular formula is C29H29NO4. The number of benzene rings is 3. The fourth-order valence-corrected chi connectivity index (χ4v) is 5.13. The van der Waals surface area contributed by atoms with Crippen LogP contribution in [0.3, 0.4) is 0 Å². The van der Waals surface area contributed by atoms with Crippen LogP contribution in [0.25, 0.3) is 0 Å². The molecule has 3 aromatic rings. The molecule has 5 rings (SSSR count). The van der Waals surface area contributed by atoms with Crippen molar-refractivity contribution in [3.05, 3.63) is 108 Å². The molecule has 1 aliphatic heterocycles. The summed E-state index contributed by atoms with van der Waals surface area (Å²) < 4.78 is 6.17. The van der Waals surface area contributed by atoms with Crippen molar-refractivity contribution in [3.63, 3.8) is 0 Å². The molecule has 0 spiro atoms. The molecule has 2 fully saturated rings. The summed E-state index contributed by atoms with van der Waals surface area (Å²) in [6.45, 7) is 0.897. The van der Waals surface area contributed by atoms with E-state index in [0.717, 1.165) is 17.5 Å². The first-order valence-corrected chi connectivity index (χ1v) is 11.9. The lowest BCUT2D eigenvalue weighted by Crippen LogP contribution is -2.43. The minimum Gasteiger partial charge on any atom is -0.480 e. The highest BCUT2D eigenvalue weighted by Crippen LogP contribution is 2.47. The number of likely N-dealkylation sites (tertiary alicyclic amines) is 1. The smallest absolute Gasteiger partial charge is 0.326 e. The number of aliphatic carboxylic acids is 1. The molecule has 0 unspecified atom stereocenters. The van der Waals surface area contributed by atoms with Crippen molar-refractivity contribution in [2.45, 2.75) is 36.8 Å². The second-order valence-electron chi connectivity index (χ2n) is 9.30. The summed E-state index contributed by atoms with van der Waals surface area (Å²) in [6.07, 6.45) is 1.14. The van der Waals surface area contributed by atoms with Crippen LogP contribution in [0.2, 0.25) is 0 Å². The average Bonchev–Trinajstić information content (AvgIpc) is 3.53. The van der Waals surface area contributed by atoms with Crippen LogP contribution in [0, 0.1) is 5.92 Å². The van der Waals surface area contributed by atoms with Crippen molar-refractivity contribution >= 4 is 11.9 Å². The lowest BCUT2D eigenvalue weighted by molar-refractivity contribution is -0.148. The molecule has 1 N–H and O–H groups in total. The van der Waals surface area contributed by atoms with Crippen molar-refractivity contribution in [2.24, 2.45) is 5.92 Å². The summed E-state index contributed by atoms with van der Waals surface area (Å²) in [7, 11) is 0. The number of hydrogen-bond donors (Lipinski definition) is 1. The summed E-state index contributed by atoms with van der Waals surface area (Å²) in [5.41, 5.74) is 3.04. The number of carbonyl (C=O) groups is 2. The Balaban J connectivity index is 1.29. The van der Waals surface area contributed by atoms with Gasteiger partial charge in [0.1, 0.15) is 6.04 Å². The van der Waals surface area contributed by atoms with E-state index in [1.54, 1.807) is 0 Å². The van der Waals surface area contributed by atoms with Gasteiger partial charge >= 0.3 is 5.97 Å². The number of carboxylic acids is 1.